The van der Waals surface area contributed by atoms with Crippen LogP contribution in [0, 0.1) is 5.92 Å². The highest BCUT2D eigenvalue weighted by atomic mass is 35.5. The van der Waals surface area contributed by atoms with Gasteiger partial charge in [0.2, 0.25) is 11.8 Å². The maximum Gasteiger partial charge on any atom is 0.239 e. The highest BCUT2D eigenvalue weighted by molar-refractivity contribution is 6.09. The third-order valence-electron chi connectivity index (χ3n) is 5.27. The van der Waals surface area contributed by atoms with Crippen LogP contribution >= 0.6 is 12.4 Å². The fourth-order valence-electron chi connectivity index (χ4n) is 3.76. The number of ether oxygens (including phenoxy) is 2. The average molecular weight is 382 g/mol. The van der Waals surface area contributed by atoms with Crippen molar-refractivity contribution < 1.29 is 19.1 Å². The molecule has 0 bridgehead atoms. The van der Waals surface area contributed by atoms with Crippen molar-refractivity contribution in [2.24, 2.45) is 5.92 Å². The fourth-order valence-corrected chi connectivity index (χ4v) is 3.76. The molecule has 1 aromatic carbocycles. The van der Waals surface area contributed by atoms with E-state index in [1.165, 1.54) is 0 Å². The number of carbonyl (C=O) groups excluding carboxylic acids is 2. The van der Waals surface area contributed by atoms with E-state index in [4.69, 9.17) is 9.47 Å². The van der Waals surface area contributed by atoms with Gasteiger partial charge in [-0.3, -0.25) is 9.59 Å². The van der Waals surface area contributed by atoms with Crippen molar-refractivity contribution in [1.82, 2.24) is 10.2 Å². The largest absolute Gasteiger partial charge is 0.486 e. The molecule has 3 aliphatic heterocycles. The molecule has 1 aromatic rings. The van der Waals surface area contributed by atoms with E-state index < -0.39 is 5.92 Å². The van der Waals surface area contributed by atoms with Crippen LogP contribution in [0.5, 0.6) is 11.5 Å². The normalized spacial score (nSPS) is 24.3. The number of benzene rings is 1. The summed E-state index contributed by atoms with van der Waals surface area (Å²) in [5.41, 5.74) is 0.759. The molecule has 1 N–H and O–H groups in total. The molecule has 2 unspecified atom stereocenters. The lowest BCUT2D eigenvalue weighted by Crippen LogP contribution is -2.44. The van der Waals surface area contributed by atoms with E-state index in [1.807, 2.05) is 18.2 Å². The third-order valence-corrected chi connectivity index (χ3v) is 5.27. The van der Waals surface area contributed by atoms with Gasteiger partial charge in [0.15, 0.2) is 11.5 Å². The first-order chi connectivity index (χ1) is 12.1. The van der Waals surface area contributed by atoms with E-state index in [1.54, 1.807) is 16.8 Å². The van der Waals surface area contributed by atoms with Crippen LogP contribution in [0.3, 0.4) is 0 Å². The van der Waals surface area contributed by atoms with Crippen LogP contribution in [0.1, 0.15) is 12.8 Å². The minimum absolute atomic E-state index is 0. The number of fused-ring (bicyclic) bond motifs is 1. The lowest BCUT2D eigenvalue weighted by molar-refractivity contribution is -0.140. The average Bonchev–Trinajstić information content (AvgIpc) is 3.30. The van der Waals surface area contributed by atoms with Crippen molar-refractivity contribution in [3.63, 3.8) is 0 Å². The topological polar surface area (TPSA) is 71.1 Å². The lowest BCUT2D eigenvalue weighted by Gasteiger charge is -2.26. The van der Waals surface area contributed by atoms with E-state index in [0.717, 1.165) is 25.2 Å². The van der Waals surface area contributed by atoms with Crippen molar-refractivity contribution in [2.45, 2.75) is 18.9 Å². The molecule has 3 heterocycles. The molecule has 0 aliphatic carbocycles. The van der Waals surface area contributed by atoms with Crippen molar-refractivity contribution >= 4 is 29.9 Å². The first-order valence-corrected chi connectivity index (χ1v) is 8.83. The highest BCUT2D eigenvalue weighted by Crippen LogP contribution is 2.36. The van der Waals surface area contributed by atoms with Crippen LogP contribution in [-0.2, 0) is 9.59 Å². The molecule has 2 amide bonds. The van der Waals surface area contributed by atoms with E-state index in [-0.39, 0.29) is 30.3 Å². The first-order valence-electron chi connectivity index (χ1n) is 8.83. The van der Waals surface area contributed by atoms with Gasteiger partial charge in [0.25, 0.3) is 0 Å². The Morgan fingerprint density at radius 3 is 2.73 bits per heavy atom. The SMILES string of the molecule is CN(C(=O)C1CCN(c2ccc3c(c2)OCCO3)C1=O)C1CCNC1.Cl. The predicted molar refractivity (Wildman–Crippen MR) is 99.2 cm³/mol. The Balaban J connectivity index is 0.00000196. The summed E-state index contributed by atoms with van der Waals surface area (Å²) in [6.45, 7) is 3.31. The molecule has 2 atom stereocenters. The van der Waals surface area contributed by atoms with Crippen LogP contribution in [-0.4, -0.2) is 62.7 Å². The summed E-state index contributed by atoms with van der Waals surface area (Å²) in [6, 6.07) is 5.68. The molecular weight excluding hydrogens is 358 g/mol. The minimum Gasteiger partial charge on any atom is -0.486 e. The van der Waals surface area contributed by atoms with Gasteiger partial charge in [0.1, 0.15) is 19.1 Å². The first kappa shape index (κ1) is 18.8. The number of hydrogen-bond donors (Lipinski definition) is 1. The zero-order chi connectivity index (χ0) is 17.4. The van der Waals surface area contributed by atoms with Gasteiger partial charge in [0.05, 0.1) is 0 Å². The molecule has 0 radical (unpaired) electrons. The van der Waals surface area contributed by atoms with Crippen LogP contribution in [0.2, 0.25) is 0 Å². The van der Waals surface area contributed by atoms with Gasteiger partial charge in [-0.25, -0.2) is 0 Å². The Bertz CT molecular complexity index is 693. The monoisotopic (exact) mass is 381 g/mol. The molecule has 7 nitrogen and oxygen atoms in total. The number of rotatable bonds is 3. The summed E-state index contributed by atoms with van der Waals surface area (Å²) in [5.74, 6) is 0.570. The summed E-state index contributed by atoms with van der Waals surface area (Å²) in [5, 5.41) is 3.26. The molecule has 2 fully saturated rings. The molecular formula is C18H24ClN3O4. The Labute approximate surface area is 159 Å². The van der Waals surface area contributed by atoms with Gasteiger partial charge in [-0.2, -0.15) is 0 Å². The van der Waals surface area contributed by atoms with Crippen molar-refractivity contribution in [2.75, 3.05) is 44.8 Å². The van der Waals surface area contributed by atoms with E-state index >= 15 is 0 Å². The van der Waals surface area contributed by atoms with Gasteiger partial charge in [-0.05, 0) is 31.5 Å². The van der Waals surface area contributed by atoms with Gasteiger partial charge >= 0.3 is 0 Å². The Morgan fingerprint density at radius 2 is 2.00 bits per heavy atom. The van der Waals surface area contributed by atoms with Crippen LogP contribution in [0.25, 0.3) is 0 Å². The molecule has 0 spiro atoms. The highest BCUT2D eigenvalue weighted by Gasteiger charge is 2.40. The summed E-state index contributed by atoms with van der Waals surface area (Å²) in [7, 11) is 1.81. The molecule has 0 aromatic heterocycles. The Hall–Kier alpha value is -1.99. The Kier molecular flexibility index (Phi) is 5.58. The van der Waals surface area contributed by atoms with Gasteiger partial charge in [-0.1, -0.05) is 0 Å². The number of nitrogens with one attached hydrogen (secondary N) is 1. The molecule has 26 heavy (non-hydrogen) atoms. The number of carbonyl (C=O) groups is 2. The number of likely N-dealkylation sites (N-methyl/N-ethyl adjacent to an activating group) is 1. The van der Waals surface area contributed by atoms with Gasteiger partial charge in [0, 0.05) is 37.9 Å². The number of anilines is 1. The van der Waals surface area contributed by atoms with E-state index in [0.29, 0.717) is 37.7 Å². The third kappa shape index (κ3) is 3.33. The second-order valence-corrected chi connectivity index (χ2v) is 6.75. The quantitative estimate of drug-likeness (QED) is 0.792. The van der Waals surface area contributed by atoms with Crippen molar-refractivity contribution in [3.05, 3.63) is 18.2 Å². The zero-order valence-electron chi connectivity index (χ0n) is 14.8. The summed E-state index contributed by atoms with van der Waals surface area (Å²) < 4.78 is 11.1. The number of halogens is 1. The van der Waals surface area contributed by atoms with Crippen molar-refractivity contribution in [3.8, 4) is 11.5 Å². The number of nitrogens with zero attached hydrogens (tertiary/aromatic N) is 2. The van der Waals surface area contributed by atoms with Gasteiger partial charge < -0.3 is 24.6 Å². The second kappa shape index (κ2) is 7.72. The lowest BCUT2D eigenvalue weighted by atomic mass is 10.1. The second-order valence-electron chi connectivity index (χ2n) is 6.75. The van der Waals surface area contributed by atoms with E-state index in [9.17, 15) is 9.59 Å². The van der Waals surface area contributed by atoms with Crippen LogP contribution in [0.15, 0.2) is 18.2 Å². The summed E-state index contributed by atoms with van der Waals surface area (Å²) in [4.78, 5) is 29.0. The fraction of sp³-hybridized carbons (Fsp3) is 0.556. The standard InChI is InChI=1S/C18H23N3O4.ClH/c1-20(13-4-6-19-11-13)17(22)14-5-7-21(18(14)23)12-2-3-15-16(10-12)25-9-8-24-15;/h2-3,10,13-14,19H,4-9,11H2,1H3;1H. The van der Waals surface area contributed by atoms with Crippen LogP contribution in [0.4, 0.5) is 5.69 Å². The van der Waals surface area contributed by atoms with Gasteiger partial charge in [-0.15, -0.1) is 12.4 Å². The zero-order valence-corrected chi connectivity index (χ0v) is 15.6. The molecule has 8 heteroatoms. The molecule has 2 saturated heterocycles. The molecule has 4 rings (SSSR count). The number of hydrogen-bond acceptors (Lipinski definition) is 5. The smallest absolute Gasteiger partial charge is 0.239 e. The Morgan fingerprint density at radius 1 is 1.23 bits per heavy atom. The minimum atomic E-state index is -0.584. The summed E-state index contributed by atoms with van der Waals surface area (Å²) in [6.07, 6.45) is 1.49. The molecule has 142 valence electrons. The summed E-state index contributed by atoms with van der Waals surface area (Å²) >= 11 is 0. The molecule has 3 aliphatic rings. The maximum absolute atomic E-state index is 12.8. The van der Waals surface area contributed by atoms with E-state index in [2.05, 4.69) is 5.32 Å². The van der Waals surface area contributed by atoms with Crippen molar-refractivity contribution in [1.29, 1.82) is 0 Å². The predicted octanol–water partition coefficient (Wildman–Crippen LogP) is 1.05. The van der Waals surface area contributed by atoms with Crippen LogP contribution < -0.4 is 19.7 Å². The maximum atomic E-state index is 12.8. The number of amides is 2. The molecule has 0 saturated carbocycles.